The highest BCUT2D eigenvalue weighted by Crippen LogP contribution is 2.25. The molecule has 0 amide bonds. The summed E-state index contributed by atoms with van der Waals surface area (Å²) in [6.07, 6.45) is 1.58. The third kappa shape index (κ3) is 2.25. The number of carbonyl (C=O) groups excluding carboxylic acids is 1. The van der Waals surface area contributed by atoms with Crippen molar-refractivity contribution in [3.8, 4) is 11.3 Å². The molecule has 0 aromatic heterocycles. The van der Waals surface area contributed by atoms with Gasteiger partial charge in [0.25, 0.3) is 0 Å². The summed E-state index contributed by atoms with van der Waals surface area (Å²) in [5.41, 5.74) is 2.64. The molecule has 4 rings (SSSR count). The number of aromatic amines is 1. The quantitative estimate of drug-likeness (QED) is 0.615. The summed E-state index contributed by atoms with van der Waals surface area (Å²) in [6.45, 7) is 1.96. The average Bonchev–Trinajstić information content (AvgIpc) is 2.92. The van der Waals surface area contributed by atoms with Crippen LogP contribution in [0.5, 0.6) is 0 Å². The highest BCUT2D eigenvalue weighted by Gasteiger charge is 2.21. The smallest absolute Gasteiger partial charge is 0.360 e. The first-order valence-corrected chi connectivity index (χ1v) is 7.42. The molecule has 2 aliphatic rings. The number of H-pyrrole nitrogens is 1. The second-order valence-electron chi connectivity index (χ2n) is 5.52. The van der Waals surface area contributed by atoms with E-state index in [4.69, 9.17) is 4.84 Å². The minimum Gasteiger partial charge on any atom is -0.360 e. The van der Waals surface area contributed by atoms with Gasteiger partial charge in [0.05, 0.1) is 11.1 Å². The van der Waals surface area contributed by atoms with Crippen LogP contribution in [-0.4, -0.2) is 20.9 Å². The van der Waals surface area contributed by atoms with Gasteiger partial charge in [0, 0.05) is 17.1 Å². The van der Waals surface area contributed by atoms with Crippen LogP contribution in [0.3, 0.4) is 0 Å². The van der Waals surface area contributed by atoms with Gasteiger partial charge in [-0.1, -0.05) is 29.8 Å². The van der Waals surface area contributed by atoms with Crippen LogP contribution in [0.2, 0.25) is 0 Å². The lowest BCUT2D eigenvalue weighted by atomic mass is 10.1. The summed E-state index contributed by atoms with van der Waals surface area (Å²) >= 11 is 0. The lowest BCUT2D eigenvalue weighted by Crippen LogP contribution is -2.29. The molecule has 0 bridgehead atoms. The molecular weight excluding hydrogens is 306 g/mol. The van der Waals surface area contributed by atoms with Gasteiger partial charge in [-0.05, 0) is 36.0 Å². The fraction of sp³-hybridized carbons (Fsp3) is 0.0556. The van der Waals surface area contributed by atoms with E-state index >= 15 is 0 Å². The first-order chi connectivity index (χ1) is 11.6. The van der Waals surface area contributed by atoms with Crippen molar-refractivity contribution in [3.05, 3.63) is 76.2 Å². The van der Waals surface area contributed by atoms with Gasteiger partial charge in [-0.25, -0.2) is 4.79 Å². The van der Waals surface area contributed by atoms with Gasteiger partial charge in [-0.3, -0.25) is 4.79 Å². The van der Waals surface area contributed by atoms with Crippen molar-refractivity contribution in [3.63, 3.8) is 0 Å². The van der Waals surface area contributed by atoms with Crippen molar-refractivity contribution in [1.29, 1.82) is 0 Å². The fourth-order valence-electron chi connectivity index (χ4n) is 2.62. The van der Waals surface area contributed by atoms with Crippen LogP contribution < -0.4 is 10.4 Å². The van der Waals surface area contributed by atoms with Crippen molar-refractivity contribution in [1.82, 2.24) is 14.9 Å². The third-order valence-electron chi connectivity index (χ3n) is 3.83. The van der Waals surface area contributed by atoms with E-state index in [-0.39, 0.29) is 0 Å². The second-order valence-corrected chi connectivity index (χ2v) is 5.52. The Morgan fingerprint density at radius 1 is 1.17 bits per heavy atom. The molecule has 0 aliphatic carbocycles. The van der Waals surface area contributed by atoms with Crippen LogP contribution >= 0.6 is 0 Å². The molecule has 2 aromatic rings. The zero-order chi connectivity index (χ0) is 16.7. The Balaban J connectivity index is 1.82. The van der Waals surface area contributed by atoms with Gasteiger partial charge in [0.2, 0.25) is 0 Å². The predicted octanol–water partition coefficient (Wildman–Crippen LogP) is 2.41. The molecule has 118 valence electrons. The Bertz CT molecular complexity index is 1080. The zero-order valence-electron chi connectivity index (χ0n) is 12.8. The number of nitrogens with zero attached hydrogens (tertiary/aromatic N) is 2. The summed E-state index contributed by atoms with van der Waals surface area (Å²) in [7, 11) is 0. The van der Waals surface area contributed by atoms with E-state index in [1.54, 1.807) is 36.5 Å². The number of fused-ring (bicyclic) bond motifs is 3. The van der Waals surface area contributed by atoms with Gasteiger partial charge in [-0.2, -0.15) is 0 Å². The Labute approximate surface area is 136 Å². The van der Waals surface area contributed by atoms with Gasteiger partial charge >= 0.3 is 11.5 Å². The number of benzene rings is 2. The highest BCUT2D eigenvalue weighted by atomic mass is 16.7. The summed E-state index contributed by atoms with van der Waals surface area (Å²) in [5.74, 6) is -0.634. The van der Waals surface area contributed by atoms with Gasteiger partial charge in [-0.15, -0.1) is 5.10 Å². The molecule has 0 atom stereocenters. The fourth-order valence-corrected chi connectivity index (χ4v) is 2.62. The molecule has 2 heterocycles. The van der Waals surface area contributed by atoms with Gasteiger partial charge in [0.15, 0.2) is 0 Å². The molecule has 0 fully saturated rings. The normalized spacial score (nSPS) is 11.0. The van der Waals surface area contributed by atoms with E-state index in [1.165, 1.54) is 0 Å². The Morgan fingerprint density at radius 2 is 1.96 bits per heavy atom. The van der Waals surface area contributed by atoms with E-state index in [9.17, 15) is 9.59 Å². The number of pyridine rings is 1. The Kier molecular flexibility index (Phi) is 3.16. The van der Waals surface area contributed by atoms with Crippen molar-refractivity contribution in [2.75, 3.05) is 0 Å². The molecule has 24 heavy (non-hydrogen) atoms. The first kappa shape index (κ1) is 14.2. The number of hydrogen-bond donors (Lipinski definition) is 1. The summed E-state index contributed by atoms with van der Waals surface area (Å²) < 4.78 is 0. The maximum atomic E-state index is 12.4. The van der Waals surface area contributed by atoms with E-state index in [0.717, 1.165) is 21.3 Å². The molecule has 1 N–H and O–H groups in total. The van der Waals surface area contributed by atoms with E-state index in [0.29, 0.717) is 16.8 Å². The Morgan fingerprint density at radius 3 is 2.75 bits per heavy atom. The lowest BCUT2D eigenvalue weighted by molar-refractivity contribution is 0.0379. The number of carbonyl (C=O) groups is 1. The van der Waals surface area contributed by atoms with Gasteiger partial charge in [0.1, 0.15) is 5.69 Å². The van der Waals surface area contributed by atoms with Gasteiger partial charge < -0.3 is 9.82 Å². The second kappa shape index (κ2) is 5.34. The minimum atomic E-state index is -0.634. The van der Waals surface area contributed by atoms with E-state index < -0.39 is 11.5 Å². The van der Waals surface area contributed by atoms with Crippen molar-refractivity contribution < 1.29 is 9.63 Å². The average molecular weight is 319 g/mol. The zero-order valence-corrected chi connectivity index (χ0v) is 12.8. The minimum absolute atomic E-state index is 0.351. The summed E-state index contributed by atoms with van der Waals surface area (Å²) in [4.78, 5) is 33.5. The van der Waals surface area contributed by atoms with Crippen LogP contribution in [-0.2, 0) is 0 Å². The predicted molar refractivity (Wildman–Crippen MR) is 89.1 cm³/mol. The monoisotopic (exact) mass is 319 g/mol. The Hall–Kier alpha value is -3.41. The number of aromatic nitrogens is 3. The van der Waals surface area contributed by atoms with Crippen LogP contribution in [0.4, 0.5) is 0 Å². The lowest BCUT2D eigenvalue weighted by Gasteiger charge is -2.03. The van der Waals surface area contributed by atoms with Crippen molar-refractivity contribution in [2.24, 2.45) is 0 Å². The van der Waals surface area contributed by atoms with Crippen molar-refractivity contribution in [2.45, 2.75) is 6.92 Å². The molecule has 6 nitrogen and oxygen atoms in total. The molecule has 0 radical (unpaired) electrons. The first-order valence-electron chi connectivity index (χ1n) is 7.42. The maximum absolute atomic E-state index is 12.4. The molecule has 0 saturated heterocycles. The summed E-state index contributed by atoms with van der Waals surface area (Å²) in [5, 5.41) is 4.99. The van der Waals surface area contributed by atoms with Crippen LogP contribution in [0.15, 0.2) is 59.5 Å². The summed E-state index contributed by atoms with van der Waals surface area (Å²) in [6, 6.07) is 14.3. The van der Waals surface area contributed by atoms with E-state index in [2.05, 4.69) is 10.1 Å². The number of aryl methyl sites for hydroxylation is 1. The van der Waals surface area contributed by atoms with Crippen molar-refractivity contribution >= 4 is 16.9 Å². The number of hydrogen-bond acceptors (Lipinski definition) is 4. The van der Waals surface area contributed by atoms with Crippen LogP contribution in [0.1, 0.15) is 15.9 Å². The third-order valence-corrected chi connectivity index (χ3v) is 3.83. The molecule has 0 spiro atoms. The molecular formula is C18H13N3O3. The standard InChI is InChI=1S/C18H13N3O3/c1-11-7-8-15-13(9-11)16-14(10-19-15)17(22)21(20-16)24-18(23)12-5-3-2-4-6-12/h2-10,19H,1H3. The topological polar surface area (TPSA) is 77.0 Å². The number of rotatable bonds is 2. The molecule has 6 heteroatoms. The van der Waals surface area contributed by atoms with Crippen LogP contribution in [0.25, 0.3) is 22.2 Å². The molecule has 0 saturated carbocycles. The van der Waals surface area contributed by atoms with E-state index in [1.807, 2.05) is 25.1 Å². The van der Waals surface area contributed by atoms with Crippen LogP contribution in [0, 0.1) is 6.92 Å². The largest absolute Gasteiger partial charge is 0.365 e. The molecule has 2 aromatic carbocycles. The number of nitrogens with one attached hydrogen (secondary N) is 1. The highest BCUT2D eigenvalue weighted by molar-refractivity contribution is 5.93. The SMILES string of the molecule is Cc1ccc2[nH]cc3c(=O)n(OC(=O)c4ccccc4)nc-3c2c1. The maximum Gasteiger partial charge on any atom is 0.365 e. The molecule has 2 aliphatic heterocycles. The molecule has 0 unspecified atom stereocenters.